The van der Waals surface area contributed by atoms with Crippen molar-refractivity contribution in [3.05, 3.63) is 82.6 Å². The van der Waals surface area contributed by atoms with Crippen molar-refractivity contribution in [2.45, 2.75) is 33.4 Å². The third-order valence-electron chi connectivity index (χ3n) is 4.65. The lowest BCUT2D eigenvalue weighted by Gasteiger charge is -2.14. The second kappa shape index (κ2) is 10.8. The lowest BCUT2D eigenvalue weighted by atomic mass is 10.00. The normalized spacial score (nSPS) is 12.4. The van der Waals surface area contributed by atoms with Crippen molar-refractivity contribution in [1.82, 2.24) is 10.2 Å². The molecule has 2 aromatic rings. The molecule has 0 bridgehead atoms. The van der Waals surface area contributed by atoms with E-state index in [2.05, 4.69) is 5.32 Å². The van der Waals surface area contributed by atoms with Crippen LogP contribution in [0.3, 0.4) is 0 Å². The van der Waals surface area contributed by atoms with Crippen LogP contribution in [0.5, 0.6) is 5.75 Å². The lowest BCUT2D eigenvalue weighted by Crippen LogP contribution is -2.14. The van der Waals surface area contributed by atoms with Gasteiger partial charge >= 0.3 is 0 Å². The van der Waals surface area contributed by atoms with Crippen LogP contribution in [0.15, 0.2) is 54.2 Å². The van der Waals surface area contributed by atoms with E-state index in [9.17, 15) is 8.78 Å². The monoisotopic (exact) mass is 400 g/mol. The van der Waals surface area contributed by atoms with Gasteiger partial charge in [-0.25, -0.2) is 8.78 Å². The molecule has 2 rings (SSSR count). The molecule has 2 aromatic carbocycles. The molecule has 0 aliphatic rings. The van der Waals surface area contributed by atoms with Gasteiger partial charge in [0.2, 0.25) is 0 Å². The topological polar surface area (TPSA) is 24.5 Å². The molecule has 0 atom stereocenters. The number of halogens is 2. The van der Waals surface area contributed by atoms with E-state index in [-0.39, 0.29) is 12.1 Å². The summed E-state index contributed by atoms with van der Waals surface area (Å²) >= 11 is 0. The van der Waals surface area contributed by atoms with Crippen molar-refractivity contribution >= 4 is 5.57 Å². The fourth-order valence-electron chi connectivity index (χ4n) is 3.04. The fraction of sp³-hybridized carbons (Fsp3) is 0.333. The molecule has 0 aliphatic heterocycles. The Hall–Kier alpha value is -2.66. The highest BCUT2D eigenvalue weighted by molar-refractivity contribution is 5.67. The maximum atomic E-state index is 14.4. The molecule has 0 amide bonds. The molecule has 0 saturated heterocycles. The number of ether oxygens (including phenoxy) is 1. The molecular weight excluding hydrogens is 370 g/mol. The number of methoxy groups -OCH3 is 1. The average Bonchev–Trinajstić information content (AvgIpc) is 2.69. The molecule has 0 aromatic heterocycles. The summed E-state index contributed by atoms with van der Waals surface area (Å²) in [6.07, 6.45) is 4.50. The van der Waals surface area contributed by atoms with Crippen LogP contribution in [0.25, 0.3) is 5.57 Å². The van der Waals surface area contributed by atoms with E-state index in [1.54, 1.807) is 26.1 Å². The minimum absolute atomic E-state index is 0.0967. The first kappa shape index (κ1) is 22.6. The van der Waals surface area contributed by atoms with Crippen molar-refractivity contribution in [3.63, 3.8) is 0 Å². The van der Waals surface area contributed by atoms with E-state index in [4.69, 9.17) is 4.74 Å². The summed E-state index contributed by atoms with van der Waals surface area (Å²) in [4.78, 5) is 1.75. The van der Waals surface area contributed by atoms with Gasteiger partial charge in [0.15, 0.2) is 0 Å². The Balaban J connectivity index is 2.16. The Labute approximate surface area is 172 Å². The molecule has 0 unspecified atom stereocenters. The Morgan fingerprint density at radius 2 is 1.76 bits per heavy atom. The van der Waals surface area contributed by atoms with Gasteiger partial charge in [0.1, 0.15) is 17.4 Å². The number of allylic oxidation sites excluding steroid dienone is 4. The fourth-order valence-corrected chi connectivity index (χ4v) is 3.04. The predicted octanol–water partition coefficient (Wildman–Crippen LogP) is 5.52. The number of benzene rings is 2. The average molecular weight is 401 g/mol. The number of nitrogens with one attached hydrogen (secondary N) is 1. The van der Waals surface area contributed by atoms with Gasteiger partial charge in [-0.05, 0) is 62.9 Å². The smallest absolute Gasteiger partial charge is 0.131 e. The third kappa shape index (κ3) is 6.43. The van der Waals surface area contributed by atoms with E-state index in [1.165, 1.54) is 12.1 Å². The molecule has 0 spiro atoms. The molecule has 0 fully saturated rings. The molecule has 0 saturated carbocycles. The van der Waals surface area contributed by atoms with Gasteiger partial charge in [-0.2, -0.15) is 0 Å². The summed E-state index contributed by atoms with van der Waals surface area (Å²) < 4.78 is 34.2. The number of hydrogen-bond acceptors (Lipinski definition) is 3. The van der Waals surface area contributed by atoms with E-state index in [1.807, 2.05) is 50.3 Å². The molecule has 0 radical (unpaired) electrons. The molecule has 156 valence electrons. The van der Waals surface area contributed by atoms with Gasteiger partial charge in [-0.3, -0.25) is 0 Å². The van der Waals surface area contributed by atoms with E-state index in [0.29, 0.717) is 18.5 Å². The maximum Gasteiger partial charge on any atom is 0.131 e. The lowest BCUT2D eigenvalue weighted by molar-refractivity contribution is 0.380. The van der Waals surface area contributed by atoms with Gasteiger partial charge in [-0.1, -0.05) is 31.2 Å². The quantitative estimate of drug-likeness (QED) is 0.561. The summed E-state index contributed by atoms with van der Waals surface area (Å²) in [6, 6.07) is 10.7. The minimum atomic E-state index is -0.511. The Bertz CT molecular complexity index is 865. The molecule has 29 heavy (non-hydrogen) atoms. The minimum Gasteiger partial charge on any atom is -0.496 e. The van der Waals surface area contributed by atoms with Crippen molar-refractivity contribution in [2.75, 3.05) is 21.2 Å². The van der Waals surface area contributed by atoms with E-state index in [0.717, 1.165) is 22.6 Å². The molecule has 0 aliphatic carbocycles. The summed E-state index contributed by atoms with van der Waals surface area (Å²) in [5.74, 6) is -0.188. The Kier molecular flexibility index (Phi) is 8.40. The summed E-state index contributed by atoms with van der Waals surface area (Å²) in [5.41, 5.74) is 3.55. The zero-order valence-electron chi connectivity index (χ0n) is 17.9. The van der Waals surface area contributed by atoms with Crippen LogP contribution in [-0.4, -0.2) is 26.1 Å². The number of nitrogens with zero attached hydrogens (tertiary/aromatic N) is 1. The molecule has 1 N–H and O–H groups in total. The van der Waals surface area contributed by atoms with Gasteiger partial charge in [-0.15, -0.1) is 0 Å². The SMILES string of the molecule is CC/C(=C\C=C(/C)NCc1ccccc1OC)c1cc(F)c(CN(C)C)c(F)c1. The second-order valence-electron chi connectivity index (χ2n) is 7.22. The van der Waals surface area contributed by atoms with Crippen LogP contribution < -0.4 is 10.1 Å². The van der Waals surface area contributed by atoms with Crippen LogP contribution in [-0.2, 0) is 13.1 Å². The van der Waals surface area contributed by atoms with Gasteiger partial charge in [0.05, 0.1) is 7.11 Å². The molecular formula is C24H30F2N2O. The highest BCUT2D eigenvalue weighted by Crippen LogP contribution is 2.24. The first-order valence-corrected chi connectivity index (χ1v) is 9.72. The molecule has 5 heteroatoms. The van der Waals surface area contributed by atoms with Gasteiger partial charge in [0, 0.05) is 29.9 Å². The van der Waals surface area contributed by atoms with E-state index >= 15 is 0 Å². The van der Waals surface area contributed by atoms with Crippen LogP contribution in [0, 0.1) is 11.6 Å². The number of rotatable bonds is 9. The van der Waals surface area contributed by atoms with Crippen molar-refractivity contribution in [3.8, 4) is 5.75 Å². The number of para-hydroxylation sites is 1. The van der Waals surface area contributed by atoms with Crippen LogP contribution >= 0.6 is 0 Å². The van der Waals surface area contributed by atoms with Crippen molar-refractivity contribution < 1.29 is 13.5 Å². The maximum absolute atomic E-state index is 14.4. The predicted molar refractivity (Wildman–Crippen MR) is 116 cm³/mol. The summed E-state index contributed by atoms with van der Waals surface area (Å²) in [7, 11) is 5.23. The standard InChI is InChI=1S/C24H30F2N2O/c1-6-18(20-13-22(25)21(16-28(3)4)23(26)14-20)12-11-17(2)27-15-19-9-7-8-10-24(19)29-5/h7-14,27H,6,15-16H2,1-5H3/b17-11+,18-12+. The van der Waals surface area contributed by atoms with Crippen LogP contribution in [0.2, 0.25) is 0 Å². The Morgan fingerprint density at radius 1 is 1.10 bits per heavy atom. The summed E-state index contributed by atoms with van der Waals surface area (Å²) in [5, 5.41) is 3.34. The highest BCUT2D eigenvalue weighted by Gasteiger charge is 2.13. The van der Waals surface area contributed by atoms with Gasteiger partial charge < -0.3 is 15.0 Å². The first-order chi connectivity index (χ1) is 13.8. The molecule has 0 heterocycles. The van der Waals surface area contributed by atoms with E-state index < -0.39 is 11.6 Å². The Morgan fingerprint density at radius 3 is 2.34 bits per heavy atom. The third-order valence-corrected chi connectivity index (χ3v) is 4.65. The highest BCUT2D eigenvalue weighted by atomic mass is 19.1. The van der Waals surface area contributed by atoms with Crippen LogP contribution in [0.1, 0.15) is 37.0 Å². The first-order valence-electron chi connectivity index (χ1n) is 9.72. The zero-order chi connectivity index (χ0) is 21.4. The summed E-state index contributed by atoms with van der Waals surface area (Å²) in [6.45, 7) is 4.79. The second-order valence-corrected chi connectivity index (χ2v) is 7.22. The number of hydrogen-bond donors (Lipinski definition) is 1. The van der Waals surface area contributed by atoms with Crippen LogP contribution in [0.4, 0.5) is 8.78 Å². The van der Waals surface area contributed by atoms with Crippen molar-refractivity contribution in [1.29, 1.82) is 0 Å². The zero-order valence-corrected chi connectivity index (χ0v) is 17.9. The van der Waals surface area contributed by atoms with Gasteiger partial charge in [0.25, 0.3) is 0 Å². The largest absolute Gasteiger partial charge is 0.496 e. The van der Waals surface area contributed by atoms with Crippen molar-refractivity contribution in [2.24, 2.45) is 0 Å². The molecule has 3 nitrogen and oxygen atoms in total.